The summed E-state index contributed by atoms with van der Waals surface area (Å²) in [5, 5.41) is 4.84. The van der Waals surface area contributed by atoms with Crippen LogP contribution in [0.3, 0.4) is 0 Å². The van der Waals surface area contributed by atoms with E-state index in [1.165, 1.54) is 4.90 Å². The fourth-order valence-corrected chi connectivity index (χ4v) is 3.60. The molecule has 1 saturated heterocycles. The van der Waals surface area contributed by atoms with Crippen molar-refractivity contribution in [2.24, 2.45) is 0 Å². The van der Waals surface area contributed by atoms with E-state index in [0.717, 1.165) is 62.2 Å². The van der Waals surface area contributed by atoms with Crippen molar-refractivity contribution in [3.8, 4) is 17.1 Å². The second-order valence-corrected chi connectivity index (χ2v) is 7.54. The van der Waals surface area contributed by atoms with Crippen molar-refractivity contribution < 1.29 is 19.1 Å². The van der Waals surface area contributed by atoms with Gasteiger partial charge in [0.2, 0.25) is 5.82 Å². The van der Waals surface area contributed by atoms with E-state index in [4.69, 9.17) is 20.9 Å². The molecule has 6 nitrogen and oxygen atoms in total. The van der Waals surface area contributed by atoms with Crippen molar-refractivity contribution in [3.63, 3.8) is 0 Å². The first-order chi connectivity index (χ1) is 13.8. The molecule has 28 heavy (non-hydrogen) atoms. The van der Waals surface area contributed by atoms with Gasteiger partial charge in [-0.25, -0.2) is 0 Å². The van der Waals surface area contributed by atoms with Gasteiger partial charge < -0.3 is 19.1 Å². The molecule has 7 heteroatoms. The Bertz CT molecular complexity index is 862. The first-order valence-corrected chi connectivity index (χ1v) is 10.1. The minimum Gasteiger partial charge on any atom is -0.488 e. The number of benzene rings is 2. The van der Waals surface area contributed by atoms with Crippen molar-refractivity contribution >= 4 is 11.6 Å². The van der Waals surface area contributed by atoms with E-state index in [2.05, 4.69) is 10.1 Å². The molecule has 1 aromatic heterocycles. The standard InChI is InChI=1S/C21H23ClN4O2/c22-18-6-8-19(9-7-18)27-15-14-25-10-12-26(13-11-25)16-20-23-21(24-28-20)17-4-2-1-3-5-17/h1-9H,10-16H2/p+2. The molecule has 1 aliphatic heterocycles. The van der Waals surface area contributed by atoms with Crippen LogP contribution in [-0.4, -0.2) is 49.5 Å². The zero-order chi connectivity index (χ0) is 19.2. The molecule has 1 aliphatic rings. The molecule has 2 N–H and O–H groups in total. The Hall–Kier alpha value is -2.41. The quantitative estimate of drug-likeness (QED) is 0.614. The lowest BCUT2D eigenvalue weighted by Crippen LogP contribution is -3.27. The van der Waals surface area contributed by atoms with Crippen molar-refractivity contribution in [1.82, 2.24) is 10.1 Å². The second kappa shape index (κ2) is 9.19. The van der Waals surface area contributed by atoms with Crippen LogP contribution >= 0.6 is 11.6 Å². The molecule has 2 heterocycles. The molecule has 0 unspecified atom stereocenters. The number of nitrogens with zero attached hydrogens (tertiary/aromatic N) is 2. The number of halogens is 1. The van der Waals surface area contributed by atoms with Crippen molar-refractivity contribution in [1.29, 1.82) is 0 Å². The maximum atomic E-state index is 5.89. The number of hydrogen-bond acceptors (Lipinski definition) is 4. The lowest BCUT2D eigenvalue weighted by Gasteiger charge is -2.28. The third kappa shape index (κ3) is 5.10. The smallest absolute Gasteiger partial charge is 0.282 e. The van der Waals surface area contributed by atoms with Gasteiger partial charge in [-0.05, 0) is 24.3 Å². The molecule has 2 aromatic carbocycles. The van der Waals surface area contributed by atoms with Crippen LogP contribution in [0.25, 0.3) is 11.4 Å². The van der Waals surface area contributed by atoms with E-state index in [0.29, 0.717) is 11.7 Å². The topological polar surface area (TPSA) is 57.0 Å². The highest BCUT2D eigenvalue weighted by Crippen LogP contribution is 2.15. The van der Waals surface area contributed by atoms with E-state index >= 15 is 0 Å². The van der Waals surface area contributed by atoms with E-state index in [-0.39, 0.29) is 0 Å². The Labute approximate surface area is 169 Å². The van der Waals surface area contributed by atoms with Gasteiger partial charge in [0.15, 0.2) is 6.54 Å². The molecule has 0 saturated carbocycles. The maximum Gasteiger partial charge on any atom is 0.282 e. The lowest BCUT2D eigenvalue weighted by atomic mass is 10.2. The fourth-order valence-electron chi connectivity index (χ4n) is 3.47. The van der Waals surface area contributed by atoms with Gasteiger partial charge in [-0.3, -0.25) is 0 Å². The molecule has 0 bridgehead atoms. The molecule has 1 fully saturated rings. The van der Waals surface area contributed by atoms with Crippen LogP contribution in [0.15, 0.2) is 59.1 Å². The van der Waals surface area contributed by atoms with Crippen LogP contribution < -0.4 is 14.5 Å². The SMILES string of the molecule is Clc1ccc(OCC[NH+]2CC[NH+](Cc3nc(-c4ccccc4)no3)CC2)cc1. The zero-order valence-corrected chi connectivity index (χ0v) is 16.5. The Balaban J connectivity index is 1.19. The number of hydrogen-bond donors (Lipinski definition) is 2. The summed E-state index contributed by atoms with van der Waals surface area (Å²) < 4.78 is 11.3. The number of quaternary nitrogens is 2. The number of aromatic nitrogens is 2. The normalized spacial score (nSPS) is 19.5. The minimum absolute atomic E-state index is 0.665. The second-order valence-electron chi connectivity index (χ2n) is 7.11. The molecule has 3 aromatic rings. The van der Waals surface area contributed by atoms with Crippen LogP contribution in [0.4, 0.5) is 0 Å². The summed E-state index contributed by atoms with van der Waals surface area (Å²) >= 11 is 5.89. The molecular formula is C21H25ClN4O2+2. The molecule has 0 amide bonds. The van der Waals surface area contributed by atoms with Crippen LogP contribution in [-0.2, 0) is 6.54 Å². The van der Waals surface area contributed by atoms with Gasteiger partial charge in [0.05, 0.1) is 0 Å². The summed E-state index contributed by atoms with van der Waals surface area (Å²) in [6.07, 6.45) is 0. The van der Waals surface area contributed by atoms with Crippen LogP contribution in [0.5, 0.6) is 5.75 Å². The summed E-state index contributed by atoms with van der Waals surface area (Å²) in [4.78, 5) is 7.62. The number of ether oxygens (including phenoxy) is 1. The predicted molar refractivity (Wildman–Crippen MR) is 107 cm³/mol. The molecule has 0 aliphatic carbocycles. The Morgan fingerprint density at radius 2 is 1.64 bits per heavy atom. The molecule has 146 valence electrons. The Kier molecular flexibility index (Phi) is 6.21. The molecule has 0 spiro atoms. The average Bonchev–Trinajstić information content (AvgIpc) is 3.20. The van der Waals surface area contributed by atoms with Crippen LogP contribution in [0.1, 0.15) is 5.89 Å². The Morgan fingerprint density at radius 1 is 0.929 bits per heavy atom. The number of rotatable bonds is 7. The van der Waals surface area contributed by atoms with Gasteiger partial charge in [0.1, 0.15) is 45.1 Å². The van der Waals surface area contributed by atoms with Gasteiger partial charge in [0.25, 0.3) is 5.89 Å². The monoisotopic (exact) mass is 400 g/mol. The highest BCUT2D eigenvalue weighted by Gasteiger charge is 2.24. The zero-order valence-electron chi connectivity index (χ0n) is 15.7. The summed E-state index contributed by atoms with van der Waals surface area (Å²) in [5.74, 6) is 2.25. The number of nitrogens with one attached hydrogen (secondary N) is 2. The van der Waals surface area contributed by atoms with E-state index in [1.54, 1.807) is 4.90 Å². The Morgan fingerprint density at radius 3 is 2.39 bits per heavy atom. The van der Waals surface area contributed by atoms with E-state index in [1.807, 2.05) is 54.6 Å². The van der Waals surface area contributed by atoms with Gasteiger partial charge in [-0.15, -0.1) is 0 Å². The van der Waals surface area contributed by atoms with Gasteiger partial charge >= 0.3 is 0 Å². The largest absolute Gasteiger partial charge is 0.488 e. The third-order valence-electron chi connectivity index (χ3n) is 5.10. The third-order valence-corrected chi connectivity index (χ3v) is 5.36. The summed E-state index contributed by atoms with van der Waals surface area (Å²) in [5.41, 5.74) is 0.988. The van der Waals surface area contributed by atoms with E-state index in [9.17, 15) is 0 Å². The molecular weight excluding hydrogens is 376 g/mol. The van der Waals surface area contributed by atoms with Crippen LogP contribution in [0, 0.1) is 0 Å². The van der Waals surface area contributed by atoms with Crippen molar-refractivity contribution in [2.75, 3.05) is 39.3 Å². The summed E-state index contributed by atoms with van der Waals surface area (Å²) in [7, 11) is 0. The van der Waals surface area contributed by atoms with Crippen molar-refractivity contribution in [3.05, 3.63) is 65.5 Å². The van der Waals surface area contributed by atoms with Gasteiger partial charge in [-0.2, -0.15) is 4.98 Å². The number of piperazine rings is 1. The van der Waals surface area contributed by atoms with Gasteiger partial charge in [-0.1, -0.05) is 47.1 Å². The van der Waals surface area contributed by atoms with Gasteiger partial charge in [0, 0.05) is 10.6 Å². The average molecular weight is 401 g/mol. The van der Waals surface area contributed by atoms with Crippen molar-refractivity contribution in [2.45, 2.75) is 6.54 Å². The fraction of sp³-hybridized carbons (Fsp3) is 0.333. The predicted octanol–water partition coefficient (Wildman–Crippen LogP) is 0.752. The lowest BCUT2D eigenvalue weighted by molar-refractivity contribution is -1.02. The molecule has 0 atom stereocenters. The molecule has 4 rings (SSSR count). The first kappa shape index (κ1) is 18.9. The molecule has 0 radical (unpaired) electrons. The minimum atomic E-state index is 0.665. The van der Waals surface area contributed by atoms with Crippen LogP contribution in [0.2, 0.25) is 5.02 Å². The van der Waals surface area contributed by atoms with E-state index < -0.39 is 0 Å². The summed E-state index contributed by atoms with van der Waals surface area (Å²) in [6.45, 7) is 6.95. The first-order valence-electron chi connectivity index (χ1n) is 9.70. The highest BCUT2D eigenvalue weighted by atomic mass is 35.5. The summed E-state index contributed by atoms with van der Waals surface area (Å²) in [6, 6.07) is 17.5. The highest BCUT2D eigenvalue weighted by molar-refractivity contribution is 6.30. The maximum absolute atomic E-state index is 5.89.